The van der Waals surface area contributed by atoms with E-state index < -0.39 is 9.84 Å². The molecule has 21 heavy (non-hydrogen) atoms. The van der Waals surface area contributed by atoms with Crippen molar-refractivity contribution < 1.29 is 13.2 Å². The van der Waals surface area contributed by atoms with Crippen LogP contribution in [-0.4, -0.2) is 32.8 Å². The number of rotatable bonds is 6. The van der Waals surface area contributed by atoms with Crippen LogP contribution in [-0.2, 0) is 9.84 Å². The van der Waals surface area contributed by atoms with Crippen molar-refractivity contribution in [2.24, 2.45) is 5.73 Å². The molecule has 0 radical (unpaired) electrons. The number of sulfone groups is 1. The lowest BCUT2D eigenvalue weighted by atomic mass is 10.1. The fraction of sp³-hybridized carbons (Fsp3) is 0.267. The molecule has 1 aromatic carbocycles. The third kappa shape index (κ3) is 4.27. The second kappa shape index (κ2) is 6.69. The van der Waals surface area contributed by atoms with E-state index in [2.05, 4.69) is 4.98 Å². The fourth-order valence-electron chi connectivity index (χ4n) is 1.79. The number of ether oxygens (including phenoxy) is 1. The van der Waals surface area contributed by atoms with Gasteiger partial charge in [-0.25, -0.2) is 13.4 Å². The summed E-state index contributed by atoms with van der Waals surface area (Å²) in [6.07, 6.45) is 3.52. The zero-order chi connectivity index (χ0) is 15.3. The Hall–Kier alpha value is -1.92. The van der Waals surface area contributed by atoms with Crippen molar-refractivity contribution in [1.82, 2.24) is 4.98 Å². The van der Waals surface area contributed by atoms with Crippen LogP contribution in [0, 0.1) is 0 Å². The zero-order valence-electron chi connectivity index (χ0n) is 11.8. The first kappa shape index (κ1) is 15.5. The smallest absolute Gasteiger partial charge is 0.192 e. The van der Waals surface area contributed by atoms with Crippen molar-refractivity contribution >= 4 is 9.84 Å². The van der Waals surface area contributed by atoms with Crippen LogP contribution in [0.25, 0.3) is 11.1 Å². The lowest BCUT2D eigenvalue weighted by Gasteiger charge is -2.07. The lowest BCUT2D eigenvalue weighted by Crippen LogP contribution is -2.05. The van der Waals surface area contributed by atoms with E-state index in [4.69, 9.17) is 10.5 Å². The molecule has 0 fully saturated rings. The molecular weight excluding hydrogens is 288 g/mol. The van der Waals surface area contributed by atoms with E-state index >= 15 is 0 Å². The molecule has 0 saturated carbocycles. The zero-order valence-corrected chi connectivity index (χ0v) is 12.6. The fourth-order valence-corrected chi connectivity index (χ4v) is 2.35. The van der Waals surface area contributed by atoms with Gasteiger partial charge in [-0.3, -0.25) is 0 Å². The minimum Gasteiger partial charge on any atom is -0.494 e. The Labute approximate surface area is 124 Å². The molecule has 2 rings (SSSR count). The van der Waals surface area contributed by atoms with E-state index in [1.807, 2.05) is 24.3 Å². The summed E-state index contributed by atoms with van der Waals surface area (Å²) in [6, 6.07) is 10.8. The molecule has 112 valence electrons. The molecular formula is C15H18N2O3S. The highest BCUT2D eigenvalue weighted by molar-refractivity contribution is 7.90. The quantitative estimate of drug-likeness (QED) is 0.824. The Morgan fingerprint density at radius 1 is 1.10 bits per heavy atom. The SMILES string of the molecule is CS(=O)(=O)c1ccc(-c2ccc(OCCCN)cc2)cn1. The summed E-state index contributed by atoms with van der Waals surface area (Å²) < 4.78 is 28.3. The molecule has 0 aliphatic carbocycles. The molecule has 1 aromatic heterocycles. The van der Waals surface area contributed by atoms with E-state index in [1.165, 1.54) is 6.07 Å². The molecule has 0 amide bonds. The average Bonchev–Trinajstić information content (AvgIpc) is 2.48. The largest absolute Gasteiger partial charge is 0.494 e. The molecule has 0 spiro atoms. The highest BCUT2D eigenvalue weighted by Gasteiger charge is 2.08. The number of nitrogens with two attached hydrogens (primary N) is 1. The third-order valence-electron chi connectivity index (χ3n) is 2.92. The van der Waals surface area contributed by atoms with Crippen molar-refractivity contribution in [1.29, 1.82) is 0 Å². The maximum absolute atomic E-state index is 11.4. The van der Waals surface area contributed by atoms with Crippen LogP contribution < -0.4 is 10.5 Å². The Bertz CT molecular complexity index is 680. The Balaban J connectivity index is 2.11. The molecule has 0 atom stereocenters. The van der Waals surface area contributed by atoms with Crippen LogP contribution in [0.4, 0.5) is 0 Å². The van der Waals surface area contributed by atoms with Crippen LogP contribution in [0.5, 0.6) is 5.75 Å². The van der Waals surface area contributed by atoms with Gasteiger partial charge in [-0.05, 0) is 42.8 Å². The van der Waals surface area contributed by atoms with E-state index in [1.54, 1.807) is 12.3 Å². The van der Waals surface area contributed by atoms with Crippen molar-refractivity contribution in [2.45, 2.75) is 11.4 Å². The van der Waals surface area contributed by atoms with Crippen LogP contribution in [0.1, 0.15) is 6.42 Å². The number of benzene rings is 1. The monoisotopic (exact) mass is 306 g/mol. The summed E-state index contributed by atoms with van der Waals surface area (Å²) in [5.74, 6) is 0.785. The second-order valence-electron chi connectivity index (χ2n) is 4.67. The van der Waals surface area contributed by atoms with Gasteiger partial charge < -0.3 is 10.5 Å². The summed E-state index contributed by atoms with van der Waals surface area (Å²) in [5.41, 5.74) is 7.22. The summed E-state index contributed by atoms with van der Waals surface area (Å²) in [4.78, 5) is 3.98. The Morgan fingerprint density at radius 3 is 2.29 bits per heavy atom. The lowest BCUT2D eigenvalue weighted by molar-refractivity contribution is 0.313. The van der Waals surface area contributed by atoms with Gasteiger partial charge in [0, 0.05) is 18.0 Å². The molecule has 0 aliphatic rings. The van der Waals surface area contributed by atoms with Crippen molar-refractivity contribution in [3.8, 4) is 16.9 Å². The van der Waals surface area contributed by atoms with Crippen LogP contribution in [0.3, 0.4) is 0 Å². The molecule has 6 heteroatoms. The Kier molecular flexibility index (Phi) is 4.93. The highest BCUT2D eigenvalue weighted by atomic mass is 32.2. The standard InChI is InChI=1S/C15H18N2O3S/c1-21(18,19)15-8-5-13(11-17-15)12-3-6-14(7-4-12)20-10-2-9-16/h3-8,11H,2,9-10,16H2,1H3. The van der Waals surface area contributed by atoms with Gasteiger partial charge in [-0.15, -0.1) is 0 Å². The molecule has 0 unspecified atom stereocenters. The maximum Gasteiger partial charge on any atom is 0.192 e. The summed E-state index contributed by atoms with van der Waals surface area (Å²) >= 11 is 0. The highest BCUT2D eigenvalue weighted by Crippen LogP contribution is 2.22. The Morgan fingerprint density at radius 2 is 1.76 bits per heavy atom. The molecule has 1 heterocycles. The topological polar surface area (TPSA) is 82.3 Å². The minimum atomic E-state index is -3.26. The van der Waals surface area contributed by atoms with Gasteiger partial charge >= 0.3 is 0 Å². The molecule has 5 nitrogen and oxygen atoms in total. The van der Waals surface area contributed by atoms with Crippen molar-refractivity contribution in [2.75, 3.05) is 19.4 Å². The summed E-state index contributed by atoms with van der Waals surface area (Å²) in [5, 5.41) is 0.0768. The maximum atomic E-state index is 11.4. The van der Waals surface area contributed by atoms with Gasteiger partial charge in [0.2, 0.25) is 0 Å². The van der Waals surface area contributed by atoms with E-state index in [9.17, 15) is 8.42 Å². The number of pyridine rings is 1. The minimum absolute atomic E-state index is 0.0768. The summed E-state index contributed by atoms with van der Waals surface area (Å²) in [7, 11) is -3.26. The first-order chi connectivity index (χ1) is 10.0. The number of nitrogens with zero attached hydrogens (tertiary/aromatic N) is 1. The van der Waals surface area contributed by atoms with Crippen LogP contribution in [0.2, 0.25) is 0 Å². The molecule has 2 N–H and O–H groups in total. The van der Waals surface area contributed by atoms with E-state index in [0.717, 1.165) is 29.6 Å². The van der Waals surface area contributed by atoms with Gasteiger partial charge in [-0.2, -0.15) is 0 Å². The van der Waals surface area contributed by atoms with Crippen LogP contribution in [0.15, 0.2) is 47.6 Å². The predicted molar refractivity (Wildman–Crippen MR) is 81.9 cm³/mol. The normalized spacial score (nSPS) is 11.3. The number of aromatic nitrogens is 1. The van der Waals surface area contributed by atoms with Crippen molar-refractivity contribution in [3.63, 3.8) is 0 Å². The molecule has 0 saturated heterocycles. The number of hydrogen-bond donors (Lipinski definition) is 1. The molecule has 0 bridgehead atoms. The second-order valence-corrected chi connectivity index (χ2v) is 6.63. The first-order valence-corrected chi connectivity index (χ1v) is 8.49. The van der Waals surface area contributed by atoms with E-state index in [0.29, 0.717) is 13.2 Å². The first-order valence-electron chi connectivity index (χ1n) is 6.60. The van der Waals surface area contributed by atoms with Gasteiger partial charge in [0.15, 0.2) is 14.9 Å². The van der Waals surface area contributed by atoms with Gasteiger partial charge in [0.1, 0.15) is 5.75 Å². The summed E-state index contributed by atoms with van der Waals surface area (Å²) in [6.45, 7) is 1.21. The third-order valence-corrected chi connectivity index (χ3v) is 3.92. The molecule has 0 aliphatic heterocycles. The van der Waals surface area contributed by atoms with Gasteiger partial charge in [0.05, 0.1) is 6.61 Å². The van der Waals surface area contributed by atoms with Crippen molar-refractivity contribution in [3.05, 3.63) is 42.6 Å². The molecule has 2 aromatic rings. The van der Waals surface area contributed by atoms with Gasteiger partial charge in [-0.1, -0.05) is 12.1 Å². The average molecular weight is 306 g/mol. The van der Waals surface area contributed by atoms with Gasteiger partial charge in [0.25, 0.3) is 0 Å². The predicted octanol–water partition coefficient (Wildman–Crippen LogP) is 1.88. The number of hydrogen-bond acceptors (Lipinski definition) is 5. The van der Waals surface area contributed by atoms with E-state index in [-0.39, 0.29) is 5.03 Å². The van der Waals surface area contributed by atoms with Crippen LogP contribution >= 0.6 is 0 Å².